The second-order valence-corrected chi connectivity index (χ2v) is 8.17. The minimum absolute atomic E-state index is 0.0284. The molecule has 2 atom stereocenters. The van der Waals surface area contributed by atoms with Crippen LogP contribution in [0.3, 0.4) is 0 Å². The molecule has 0 spiro atoms. The van der Waals surface area contributed by atoms with E-state index in [1.54, 1.807) is 6.07 Å². The van der Waals surface area contributed by atoms with Crippen LogP contribution >= 0.6 is 0 Å². The molecule has 1 aromatic carbocycles. The van der Waals surface area contributed by atoms with E-state index >= 15 is 0 Å². The minimum atomic E-state index is -3.05. The van der Waals surface area contributed by atoms with E-state index in [9.17, 15) is 17.6 Å². The molecule has 126 valence electrons. The molecule has 2 aliphatic heterocycles. The van der Waals surface area contributed by atoms with Gasteiger partial charge in [-0.2, -0.15) is 0 Å². The number of hydrogen-bond acceptors (Lipinski definition) is 4. The van der Waals surface area contributed by atoms with E-state index < -0.39 is 15.9 Å². The molecule has 2 heterocycles. The van der Waals surface area contributed by atoms with Crippen LogP contribution in [0.5, 0.6) is 5.75 Å². The molecule has 23 heavy (non-hydrogen) atoms. The predicted octanol–water partition coefficient (Wildman–Crippen LogP) is 1.53. The fraction of sp³-hybridized carbons (Fsp3) is 0.533. The number of halogens is 1. The summed E-state index contributed by atoms with van der Waals surface area (Å²) in [6.45, 7) is 0.513. The van der Waals surface area contributed by atoms with Crippen LogP contribution in [0.25, 0.3) is 0 Å². The van der Waals surface area contributed by atoms with Crippen molar-refractivity contribution >= 4 is 15.9 Å². The molecule has 6 nitrogen and oxygen atoms in total. The van der Waals surface area contributed by atoms with Crippen molar-refractivity contribution in [2.75, 3.05) is 18.1 Å². The molecule has 2 N–H and O–H groups in total. The SMILES string of the molecule is O=C(NC1CCS(=O)(=O)C1)NC1CCCOc2ccc(F)cc21. The van der Waals surface area contributed by atoms with Crippen LogP contribution in [0.15, 0.2) is 18.2 Å². The van der Waals surface area contributed by atoms with Crippen LogP contribution in [0.4, 0.5) is 9.18 Å². The van der Waals surface area contributed by atoms with Crippen LogP contribution in [0.1, 0.15) is 30.9 Å². The van der Waals surface area contributed by atoms with Crippen molar-refractivity contribution in [2.45, 2.75) is 31.3 Å². The highest BCUT2D eigenvalue weighted by Crippen LogP contribution is 2.32. The summed E-state index contributed by atoms with van der Waals surface area (Å²) in [6, 6.07) is 3.09. The molecule has 0 aromatic heterocycles. The van der Waals surface area contributed by atoms with Gasteiger partial charge in [0.2, 0.25) is 0 Å². The van der Waals surface area contributed by atoms with Crippen molar-refractivity contribution in [1.82, 2.24) is 10.6 Å². The number of fused-ring (bicyclic) bond motifs is 1. The number of carbonyl (C=O) groups is 1. The Morgan fingerprint density at radius 3 is 2.83 bits per heavy atom. The smallest absolute Gasteiger partial charge is 0.315 e. The molecule has 0 saturated carbocycles. The van der Waals surface area contributed by atoms with Gasteiger partial charge in [0.05, 0.1) is 24.2 Å². The molecular weight excluding hydrogens is 323 g/mol. The van der Waals surface area contributed by atoms with E-state index in [1.807, 2.05) is 0 Å². The molecule has 2 aliphatic rings. The van der Waals surface area contributed by atoms with Gasteiger partial charge >= 0.3 is 6.03 Å². The second kappa shape index (κ2) is 6.35. The van der Waals surface area contributed by atoms with Gasteiger partial charge in [-0.05, 0) is 37.5 Å². The average molecular weight is 342 g/mol. The van der Waals surface area contributed by atoms with Gasteiger partial charge in [-0.3, -0.25) is 0 Å². The molecule has 0 aliphatic carbocycles. The van der Waals surface area contributed by atoms with Crippen molar-refractivity contribution in [1.29, 1.82) is 0 Å². The maximum atomic E-state index is 13.5. The fourth-order valence-electron chi connectivity index (χ4n) is 2.99. The summed E-state index contributed by atoms with van der Waals surface area (Å²) in [4.78, 5) is 12.1. The van der Waals surface area contributed by atoms with Crippen molar-refractivity contribution in [2.24, 2.45) is 0 Å². The highest BCUT2D eigenvalue weighted by atomic mass is 32.2. The lowest BCUT2D eigenvalue weighted by Gasteiger charge is -2.20. The van der Waals surface area contributed by atoms with Crippen molar-refractivity contribution < 1.29 is 22.3 Å². The van der Waals surface area contributed by atoms with E-state index in [0.717, 1.165) is 6.42 Å². The Hall–Kier alpha value is -1.83. The number of nitrogens with one attached hydrogen (secondary N) is 2. The molecule has 3 rings (SSSR count). The van der Waals surface area contributed by atoms with E-state index in [-0.39, 0.29) is 29.4 Å². The van der Waals surface area contributed by atoms with Gasteiger partial charge in [0.25, 0.3) is 0 Å². The van der Waals surface area contributed by atoms with Gasteiger partial charge < -0.3 is 15.4 Å². The molecule has 0 radical (unpaired) electrons. The van der Waals surface area contributed by atoms with Crippen LogP contribution in [0, 0.1) is 5.82 Å². The number of rotatable bonds is 2. The molecule has 1 fully saturated rings. The van der Waals surface area contributed by atoms with E-state index in [1.165, 1.54) is 12.1 Å². The zero-order valence-corrected chi connectivity index (χ0v) is 13.4. The normalized spacial score (nSPS) is 25.8. The number of amides is 2. The first-order valence-electron chi connectivity index (χ1n) is 7.63. The molecule has 8 heteroatoms. The summed E-state index contributed by atoms with van der Waals surface area (Å²) in [5.41, 5.74) is 0.608. The van der Waals surface area contributed by atoms with Crippen LogP contribution in [-0.2, 0) is 9.84 Å². The number of hydrogen-bond donors (Lipinski definition) is 2. The van der Waals surface area contributed by atoms with Crippen molar-refractivity contribution in [3.63, 3.8) is 0 Å². The second-order valence-electron chi connectivity index (χ2n) is 5.94. The first kappa shape index (κ1) is 16.0. The standard InChI is InChI=1S/C15H19FN2O4S/c16-10-3-4-14-12(8-10)13(2-1-6-22-14)18-15(19)17-11-5-7-23(20,21)9-11/h3-4,8,11,13H,1-2,5-7,9H2,(H2,17,18,19). The molecule has 2 unspecified atom stereocenters. The highest BCUT2D eigenvalue weighted by Gasteiger charge is 2.30. The molecule has 1 aromatic rings. The third kappa shape index (κ3) is 3.93. The van der Waals surface area contributed by atoms with Crippen LogP contribution < -0.4 is 15.4 Å². The summed E-state index contributed by atoms with van der Waals surface area (Å²) in [5, 5.41) is 5.49. The predicted molar refractivity (Wildman–Crippen MR) is 82.6 cm³/mol. The molecular formula is C15H19FN2O4S. The number of ether oxygens (including phenoxy) is 1. The van der Waals surface area contributed by atoms with E-state index in [4.69, 9.17) is 4.74 Å². The molecule has 2 amide bonds. The zero-order valence-electron chi connectivity index (χ0n) is 12.5. The first-order valence-corrected chi connectivity index (χ1v) is 9.45. The number of urea groups is 1. The highest BCUT2D eigenvalue weighted by molar-refractivity contribution is 7.91. The lowest BCUT2D eigenvalue weighted by atomic mass is 10.0. The van der Waals surface area contributed by atoms with Gasteiger partial charge in [-0.25, -0.2) is 17.6 Å². The molecule has 1 saturated heterocycles. The summed E-state index contributed by atoms with van der Waals surface area (Å²) < 4.78 is 41.9. The van der Waals surface area contributed by atoms with Crippen LogP contribution in [0.2, 0.25) is 0 Å². The number of carbonyl (C=O) groups excluding carboxylic acids is 1. The first-order chi connectivity index (χ1) is 10.9. The minimum Gasteiger partial charge on any atom is -0.493 e. The van der Waals surface area contributed by atoms with Gasteiger partial charge in [0, 0.05) is 11.6 Å². The van der Waals surface area contributed by atoms with E-state index in [0.29, 0.717) is 30.8 Å². The largest absolute Gasteiger partial charge is 0.493 e. The van der Waals surface area contributed by atoms with Gasteiger partial charge in [-0.15, -0.1) is 0 Å². The average Bonchev–Trinajstić information content (AvgIpc) is 2.70. The Morgan fingerprint density at radius 1 is 1.26 bits per heavy atom. The third-order valence-electron chi connectivity index (χ3n) is 4.11. The Balaban J connectivity index is 1.68. The summed E-state index contributed by atoms with van der Waals surface area (Å²) in [6.07, 6.45) is 1.79. The number of benzene rings is 1. The third-order valence-corrected chi connectivity index (χ3v) is 5.88. The Labute approximate surface area is 134 Å². The molecule has 0 bridgehead atoms. The maximum Gasteiger partial charge on any atom is 0.315 e. The quantitative estimate of drug-likeness (QED) is 0.854. The van der Waals surface area contributed by atoms with Gasteiger partial charge in [-0.1, -0.05) is 0 Å². The van der Waals surface area contributed by atoms with Crippen molar-refractivity contribution in [3.8, 4) is 5.75 Å². The van der Waals surface area contributed by atoms with Crippen LogP contribution in [-0.4, -0.2) is 38.6 Å². The van der Waals surface area contributed by atoms with Gasteiger partial charge in [0.1, 0.15) is 11.6 Å². The van der Waals surface area contributed by atoms with Gasteiger partial charge in [0.15, 0.2) is 9.84 Å². The van der Waals surface area contributed by atoms with E-state index in [2.05, 4.69) is 10.6 Å². The Kier molecular flexibility index (Phi) is 4.43. The lowest BCUT2D eigenvalue weighted by molar-refractivity contribution is 0.233. The van der Waals surface area contributed by atoms with Crippen molar-refractivity contribution in [3.05, 3.63) is 29.6 Å². The zero-order chi connectivity index (χ0) is 16.4. The fourth-order valence-corrected chi connectivity index (χ4v) is 4.67. The Bertz CT molecular complexity index is 707. The number of sulfone groups is 1. The maximum absolute atomic E-state index is 13.5. The monoisotopic (exact) mass is 342 g/mol. The summed E-state index contributed by atoms with van der Waals surface area (Å²) in [5.74, 6) is 0.254. The summed E-state index contributed by atoms with van der Waals surface area (Å²) in [7, 11) is -3.05. The lowest BCUT2D eigenvalue weighted by Crippen LogP contribution is -2.44. The topological polar surface area (TPSA) is 84.5 Å². The Morgan fingerprint density at radius 2 is 2.09 bits per heavy atom. The summed E-state index contributed by atoms with van der Waals surface area (Å²) >= 11 is 0.